The van der Waals surface area contributed by atoms with Gasteiger partial charge in [-0.15, -0.1) is 5.10 Å². The number of fused-ring (bicyclic) bond motifs is 1. The van der Waals surface area contributed by atoms with E-state index >= 15 is 0 Å². The van der Waals surface area contributed by atoms with Gasteiger partial charge < -0.3 is 10.8 Å². The van der Waals surface area contributed by atoms with Gasteiger partial charge in [0.05, 0.1) is 41.0 Å². The Labute approximate surface area is 229 Å². The van der Waals surface area contributed by atoms with Crippen molar-refractivity contribution in [1.82, 2.24) is 34.9 Å². The highest BCUT2D eigenvalue weighted by Crippen LogP contribution is 2.34. The van der Waals surface area contributed by atoms with Crippen LogP contribution in [-0.4, -0.2) is 40.0 Å². The third-order valence-corrected chi connectivity index (χ3v) is 6.46. The zero-order valence-electron chi connectivity index (χ0n) is 21.8. The second kappa shape index (κ2) is 9.90. The van der Waals surface area contributed by atoms with Gasteiger partial charge in [-0.2, -0.15) is 0 Å². The number of aromatic nitrogens is 7. The van der Waals surface area contributed by atoms with E-state index in [1.807, 2.05) is 42.5 Å². The van der Waals surface area contributed by atoms with Crippen molar-refractivity contribution < 1.29 is 9.50 Å². The molecule has 0 aliphatic heterocycles. The second-order valence-electron chi connectivity index (χ2n) is 9.95. The van der Waals surface area contributed by atoms with Crippen LogP contribution >= 0.6 is 0 Å². The number of hydrogen-bond acceptors (Lipinski definition) is 8. The van der Waals surface area contributed by atoms with E-state index < -0.39 is 5.60 Å². The molecule has 198 valence electrons. The molecule has 0 amide bonds. The Morgan fingerprint density at radius 2 is 1.65 bits per heavy atom. The van der Waals surface area contributed by atoms with Crippen molar-refractivity contribution in [3.05, 3.63) is 102 Å². The lowest BCUT2D eigenvalue weighted by molar-refractivity contribution is 0.0736. The minimum absolute atomic E-state index is 0.166. The monoisotopic (exact) mass is 532 g/mol. The number of nitrogen functional groups attached to an aromatic ring is 1. The highest BCUT2D eigenvalue weighted by atomic mass is 19.1. The summed E-state index contributed by atoms with van der Waals surface area (Å²) in [5, 5.41) is 19.8. The van der Waals surface area contributed by atoms with Gasteiger partial charge >= 0.3 is 0 Å². The Hall–Kier alpha value is -5.09. The zero-order chi connectivity index (χ0) is 27.9. The molecule has 0 saturated heterocycles. The first kappa shape index (κ1) is 25.2. The average molecular weight is 533 g/mol. The summed E-state index contributed by atoms with van der Waals surface area (Å²) in [7, 11) is 0. The Morgan fingerprint density at radius 1 is 0.875 bits per heavy atom. The van der Waals surface area contributed by atoms with Crippen molar-refractivity contribution in [2.45, 2.75) is 26.0 Å². The van der Waals surface area contributed by atoms with Crippen molar-refractivity contribution >= 4 is 16.7 Å². The molecule has 0 aliphatic rings. The summed E-state index contributed by atoms with van der Waals surface area (Å²) in [5.41, 5.74) is 10.9. The van der Waals surface area contributed by atoms with E-state index in [4.69, 9.17) is 15.7 Å². The van der Waals surface area contributed by atoms with Crippen LogP contribution in [0.1, 0.15) is 25.2 Å². The van der Waals surface area contributed by atoms with Gasteiger partial charge in [0.15, 0.2) is 5.82 Å². The van der Waals surface area contributed by atoms with Gasteiger partial charge in [0.1, 0.15) is 22.8 Å². The number of nitrogens with zero attached hydrogens (tertiary/aromatic N) is 7. The molecular formula is C30H25FN8O. The van der Waals surface area contributed by atoms with Crippen molar-refractivity contribution in [3.8, 4) is 33.9 Å². The van der Waals surface area contributed by atoms with Gasteiger partial charge in [-0.3, -0.25) is 9.97 Å². The molecule has 6 rings (SSSR count). The van der Waals surface area contributed by atoms with Gasteiger partial charge in [-0.05, 0) is 68.4 Å². The maximum atomic E-state index is 13.7. The van der Waals surface area contributed by atoms with E-state index in [2.05, 4.69) is 20.3 Å². The summed E-state index contributed by atoms with van der Waals surface area (Å²) < 4.78 is 15.3. The highest BCUT2D eigenvalue weighted by Gasteiger charge is 2.20. The van der Waals surface area contributed by atoms with Crippen LogP contribution in [0.15, 0.2) is 85.2 Å². The lowest BCUT2D eigenvalue weighted by Gasteiger charge is -2.17. The quantitative estimate of drug-likeness (QED) is 0.306. The van der Waals surface area contributed by atoms with Crippen LogP contribution in [0.4, 0.5) is 10.2 Å². The Bertz CT molecular complexity index is 1840. The maximum absolute atomic E-state index is 13.7. The molecule has 9 nitrogen and oxygen atoms in total. The SMILES string of the molecule is CC(C)(O)c1cccc(Cn2cc(-c3nc(-c4ccc5ncccc5c4)c(-c4ccc(F)cc4)nc3N)nn2)n1. The van der Waals surface area contributed by atoms with Crippen LogP contribution in [0.25, 0.3) is 44.8 Å². The number of aliphatic hydroxyl groups is 1. The molecule has 0 bridgehead atoms. The van der Waals surface area contributed by atoms with E-state index in [1.54, 1.807) is 49.1 Å². The van der Waals surface area contributed by atoms with Crippen molar-refractivity contribution in [2.75, 3.05) is 5.73 Å². The molecule has 0 fully saturated rings. The smallest absolute Gasteiger partial charge is 0.152 e. The molecule has 0 atom stereocenters. The van der Waals surface area contributed by atoms with E-state index in [0.29, 0.717) is 46.3 Å². The average Bonchev–Trinajstić information content (AvgIpc) is 3.41. The number of nitrogens with two attached hydrogens (primary N) is 1. The predicted octanol–water partition coefficient (Wildman–Crippen LogP) is 5.01. The van der Waals surface area contributed by atoms with Crippen LogP contribution in [0.3, 0.4) is 0 Å². The molecule has 6 aromatic rings. The summed E-state index contributed by atoms with van der Waals surface area (Å²) in [5.74, 6) is -0.182. The zero-order valence-corrected chi connectivity index (χ0v) is 21.8. The maximum Gasteiger partial charge on any atom is 0.152 e. The number of hydrogen-bond donors (Lipinski definition) is 2. The Morgan fingerprint density at radius 3 is 2.45 bits per heavy atom. The molecule has 0 saturated carbocycles. The largest absolute Gasteiger partial charge is 0.384 e. The number of anilines is 1. The van der Waals surface area contributed by atoms with Gasteiger partial charge in [0.25, 0.3) is 0 Å². The second-order valence-corrected chi connectivity index (χ2v) is 9.95. The first-order valence-electron chi connectivity index (χ1n) is 12.6. The normalized spacial score (nSPS) is 11.7. The fourth-order valence-corrected chi connectivity index (χ4v) is 4.43. The molecule has 2 aromatic carbocycles. The highest BCUT2D eigenvalue weighted by molar-refractivity contribution is 5.88. The molecule has 4 heterocycles. The third-order valence-electron chi connectivity index (χ3n) is 6.46. The number of pyridine rings is 2. The number of rotatable bonds is 6. The Balaban J connectivity index is 1.42. The summed E-state index contributed by atoms with van der Waals surface area (Å²) in [4.78, 5) is 18.6. The lowest BCUT2D eigenvalue weighted by Crippen LogP contribution is -2.18. The number of benzene rings is 2. The van der Waals surface area contributed by atoms with Gasteiger partial charge in [-0.1, -0.05) is 23.4 Å². The van der Waals surface area contributed by atoms with Crippen LogP contribution in [-0.2, 0) is 12.1 Å². The third kappa shape index (κ3) is 4.99. The standard InChI is InChI=1S/C30H25FN8O/c1-30(2,40)25-7-3-6-22(34-25)16-39-17-24(37-38-39)28-29(32)36-26(18-8-11-21(31)12-9-18)27(35-28)20-10-13-23-19(15-20)5-4-14-33-23/h3-15,17,40H,16H2,1-2H3,(H2,32,36). The number of halogens is 1. The fourth-order valence-electron chi connectivity index (χ4n) is 4.43. The summed E-state index contributed by atoms with van der Waals surface area (Å²) in [6, 6.07) is 21.2. The van der Waals surface area contributed by atoms with Crippen molar-refractivity contribution in [3.63, 3.8) is 0 Å². The van der Waals surface area contributed by atoms with E-state index in [0.717, 1.165) is 16.5 Å². The lowest BCUT2D eigenvalue weighted by atomic mass is 10.0. The summed E-state index contributed by atoms with van der Waals surface area (Å²) in [6.45, 7) is 3.71. The topological polar surface area (TPSA) is 129 Å². The fraction of sp³-hybridized carbons (Fsp3) is 0.133. The van der Waals surface area contributed by atoms with Crippen LogP contribution in [0, 0.1) is 5.82 Å². The van der Waals surface area contributed by atoms with Gasteiger partial charge in [-0.25, -0.2) is 19.0 Å². The first-order chi connectivity index (χ1) is 19.2. The van der Waals surface area contributed by atoms with Crippen LogP contribution in [0.5, 0.6) is 0 Å². The molecule has 3 N–H and O–H groups in total. The molecular weight excluding hydrogens is 507 g/mol. The molecule has 0 radical (unpaired) electrons. The summed E-state index contributed by atoms with van der Waals surface area (Å²) in [6.07, 6.45) is 3.47. The van der Waals surface area contributed by atoms with E-state index in [1.165, 1.54) is 12.1 Å². The van der Waals surface area contributed by atoms with E-state index in [-0.39, 0.29) is 11.6 Å². The van der Waals surface area contributed by atoms with Gasteiger partial charge in [0, 0.05) is 22.7 Å². The molecule has 0 spiro atoms. The first-order valence-corrected chi connectivity index (χ1v) is 12.6. The minimum Gasteiger partial charge on any atom is -0.384 e. The van der Waals surface area contributed by atoms with Crippen LogP contribution in [0.2, 0.25) is 0 Å². The predicted molar refractivity (Wildman–Crippen MR) is 150 cm³/mol. The molecule has 0 unspecified atom stereocenters. The van der Waals surface area contributed by atoms with Crippen LogP contribution < -0.4 is 5.73 Å². The Kier molecular flexibility index (Phi) is 6.24. The van der Waals surface area contributed by atoms with Crippen molar-refractivity contribution in [2.24, 2.45) is 0 Å². The van der Waals surface area contributed by atoms with E-state index in [9.17, 15) is 9.50 Å². The minimum atomic E-state index is -1.06. The van der Waals surface area contributed by atoms with Crippen molar-refractivity contribution in [1.29, 1.82) is 0 Å². The molecule has 40 heavy (non-hydrogen) atoms. The van der Waals surface area contributed by atoms with Gasteiger partial charge in [0.2, 0.25) is 0 Å². The molecule has 4 aromatic heterocycles. The molecule has 0 aliphatic carbocycles. The molecule has 10 heteroatoms. The summed E-state index contributed by atoms with van der Waals surface area (Å²) >= 11 is 0.